The van der Waals surface area contributed by atoms with Crippen LogP contribution in [0.2, 0.25) is 0 Å². The molecule has 0 aliphatic carbocycles. The first-order chi connectivity index (χ1) is 9.74. The second kappa shape index (κ2) is 5.05. The molecule has 0 saturated heterocycles. The lowest BCUT2D eigenvalue weighted by atomic mass is 10.1. The molecule has 1 aliphatic rings. The van der Waals surface area contributed by atoms with Crippen molar-refractivity contribution >= 4 is 16.6 Å². The molecular weight excluding hydrogens is 254 g/mol. The number of aromatic amines is 1. The van der Waals surface area contributed by atoms with Crippen molar-refractivity contribution in [3.05, 3.63) is 76.3 Å². The number of benzene rings is 1. The minimum absolute atomic E-state index is 0.101. The van der Waals surface area contributed by atoms with Crippen LogP contribution in [0.3, 0.4) is 0 Å². The summed E-state index contributed by atoms with van der Waals surface area (Å²) in [6.07, 6.45) is 12.4. The van der Waals surface area contributed by atoms with E-state index in [0.717, 1.165) is 28.6 Å². The molecular formula is C15H13N3O2. The van der Waals surface area contributed by atoms with Crippen molar-refractivity contribution < 1.29 is 4.92 Å². The number of nitrogens with zero attached hydrogens (tertiary/aromatic N) is 1. The largest absolute Gasteiger partial charge is 0.365 e. The molecule has 0 radical (unpaired) electrons. The first kappa shape index (κ1) is 12.2. The number of hydrogen-bond donors (Lipinski definition) is 2. The highest BCUT2D eigenvalue weighted by atomic mass is 16.6. The van der Waals surface area contributed by atoms with E-state index in [1.54, 1.807) is 12.1 Å². The van der Waals surface area contributed by atoms with Crippen LogP contribution in [0.25, 0.3) is 10.9 Å². The van der Waals surface area contributed by atoms with Crippen molar-refractivity contribution in [2.24, 2.45) is 0 Å². The van der Waals surface area contributed by atoms with Gasteiger partial charge in [-0.1, -0.05) is 12.2 Å². The predicted molar refractivity (Wildman–Crippen MR) is 78.2 cm³/mol. The Morgan fingerprint density at radius 1 is 1.20 bits per heavy atom. The van der Waals surface area contributed by atoms with Gasteiger partial charge in [-0.15, -0.1) is 0 Å². The molecule has 5 heteroatoms. The number of allylic oxidation sites excluding steroid dienone is 5. The van der Waals surface area contributed by atoms with Crippen LogP contribution >= 0.6 is 0 Å². The number of non-ortho nitro benzene ring substituents is 1. The van der Waals surface area contributed by atoms with Crippen LogP contribution < -0.4 is 5.32 Å². The quantitative estimate of drug-likeness (QED) is 0.662. The molecule has 2 N–H and O–H groups in total. The normalized spacial score (nSPS) is 13.9. The number of aromatic nitrogens is 1. The second-order valence-electron chi connectivity index (χ2n) is 4.56. The molecule has 0 atom stereocenters. The number of rotatable bonds is 3. The summed E-state index contributed by atoms with van der Waals surface area (Å²) in [6.45, 7) is 0. The highest BCUT2D eigenvalue weighted by Crippen LogP contribution is 2.24. The molecule has 0 unspecified atom stereocenters. The van der Waals surface area contributed by atoms with Gasteiger partial charge in [-0.25, -0.2) is 0 Å². The lowest BCUT2D eigenvalue weighted by Crippen LogP contribution is -2.06. The zero-order valence-corrected chi connectivity index (χ0v) is 10.7. The Morgan fingerprint density at radius 2 is 2.10 bits per heavy atom. The molecule has 0 saturated carbocycles. The molecule has 1 aliphatic heterocycles. The fraction of sp³-hybridized carbons (Fsp3) is 0.0667. The summed E-state index contributed by atoms with van der Waals surface area (Å²) >= 11 is 0. The van der Waals surface area contributed by atoms with E-state index >= 15 is 0 Å². The summed E-state index contributed by atoms with van der Waals surface area (Å²) < 4.78 is 0. The Morgan fingerprint density at radius 3 is 2.95 bits per heavy atom. The van der Waals surface area contributed by atoms with Gasteiger partial charge in [0, 0.05) is 42.0 Å². The first-order valence-electron chi connectivity index (χ1n) is 6.27. The maximum Gasteiger partial charge on any atom is 0.271 e. The highest BCUT2D eigenvalue weighted by molar-refractivity contribution is 5.85. The number of hydrogen-bond acceptors (Lipinski definition) is 3. The molecule has 1 aromatic heterocycles. The van der Waals surface area contributed by atoms with Gasteiger partial charge in [0.1, 0.15) is 0 Å². The standard InChI is InChI=1S/C15H13N3O2/c19-18(20)13-5-6-14-11(10-17-15(14)9-13)8-12-4-2-1-3-7-16-12/h1-7,9-10,16-17H,8H2. The van der Waals surface area contributed by atoms with Crippen molar-refractivity contribution in [1.29, 1.82) is 0 Å². The van der Waals surface area contributed by atoms with Crippen LogP contribution in [0.15, 0.2) is 60.6 Å². The summed E-state index contributed by atoms with van der Waals surface area (Å²) in [4.78, 5) is 13.5. The van der Waals surface area contributed by atoms with Crippen molar-refractivity contribution in [3.8, 4) is 0 Å². The third-order valence-corrected chi connectivity index (χ3v) is 3.23. The topological polar surface area (TPSA) is 71.0 Å². The van der Waals surface area contributed by atoms with E-state index in [2.05, 4.69) is 10.3 Å². The van der Waals surface area contributed by atoms with Gasteiger partial charge < -0.3 is 10.3 Å². The molecule has 3 rings (SSSR count). The van der Waals surface area contributed by atoms with Crippen molar-refractivity contribution in [2.45, 2.75) is 6.42 Å². The zero-order valence-electron chi connectivity index (χ0n) is 10.7. The molecule has 0 spiro atoms. The van der Waals surface area contributed by atoms with Crippen molar-refractivity contribution in [2.75, 3.05) is 0 Å². The first-order valence-corrected chi connectivity index (χ1v) is 6.27. The van der Waals surface area contributed by atoms with Gasteiger partial charge in [0.25, 0.3) is 5.69 Å². The SMILES string of the molecule is O=[N+]([O-])c1ccc2c(CC3=CC=CC=CN3)c[nH]c2c1. The minimum atomic E-state index is -0.384. The van der Waals surface area contributed by atoms with E-state index in [-0.39, 0.29) is 10.6 Å². The Kier molecular flexibility index (Phi) is 3.09. The third kappa shape index (κ3) is 2.33. The average molecular weight is 267 g/mol. The Bertz CT molecular complexity index is 754. The minimum Gasteiger partial charge on any atom is -0.365 e. The molecule has 2 aromatic rings. The Balaban J connectivity index is 1.93. The van der Waals surface area contributed by atoms with Crippen LogP contribution in [-0.2, 0) is 6.42 Å². The highest BCUT2D eigenvalue weighted by Gasteiger charge is 2.10. The number of nitro benzene ring substituents is 1. The Labute approximate surface area is 115 Å². The fourth-order valence-corrected chi connectivity index (χ4v) is 2.24. The average Bonchev–Trinajstić information content (AvgIpc) is 2.66. The third-order valence-electron chi connectivity index (χ3n) is 3.23. The van der Waals surface area contributed by atoms with Gasteiger partial charge in [-0.05, 0) is 23.8 Å². The monoisotopic (exact) mass is 267 g/mol. The molecule has 20 heavy (non-hydrogen) atoms. The van der Waals surface area contributed by atoms with Crippen LogP contribution in [0.4, 0.5) is 5.69 Å². The van der Waals surface area contributed by atoms with Gasteiger partial charge in [0.15, 0.2) is 0 Å². The van der Waals surface area contributed by atoms with E-state index < -0.39 is 0 Å². The Hall–Kier alpha value is -2.82. The molecule has 0 amide bonds. The fourth-order valence-electron chi connectivity index (χ4n) is 2.24. The van der Waals surface area contributed by atoms with E-state index in [9.17, 15) is 10.1 Å². The molecule has 1 aromatic carbocycles. The van der Waals surface area contributed by atoms with E-state index in [1.165, 1.54) is 6.07 Å². The number of nitrogens with one attached hydrogen (secondary N) is 2. The maximum absolute atomic E-state index is 10.8. The number of nitro groups is 1. The van der Waals surface area contributed by atoms with Crippen molar-refractivity contribution in [1.82, 2.24) is 10.3 Å². The summed E-state index contributed by atoms with van der Waals surface area (Å²) in [6, 6.07) is 4.89. The van der Waals surface area contributed by atoms with Gasteiger partial charge >= 0.3 is 0 Å². The molecule has 2 heterocycles. The van der Waals surface area contributed by atoms with E-state index in [1.807, 2.05) is 36.7 Å². The van der Waals surface area contributed by atoms with Gasteiger partial charge in [0.2, 0.25) is 0 Å². The van der Waals surface area contributed by atoms with E-state index in [0.29, 0.717) is 0 Å². The van der Waals surface area contributed by atoms with Gasteiger partial charge in [0.05, 0.1) is 10.4 Å². The van der Waals surface area contributed by atoms with Crippen molar-refractivity contribution in [3.63, 3.8) is 0 Å². The smallest absolute Gasteiger partial charge is 0.271 e. The van der Waals surface area contributed by atoms with Gasteiger partial charge in [-0.2, -0.15) is 0 Å². The molecule has 0 bridgehead atoms. The van der Waals surface area contributed by atoms with Gasteiger partial charge in [-0.3, -0.25) is 10.1 Å². The summed E-state index contributed by atoms with van der Waals surface area (Å²) in [5.74, 6) is 0. The lowest BCUT2D eigenvalue weighted by molar-refractivity contribution is -0.384. The predicted octanol–water partition coefficient (Wildman–Crippen LogP) is 3.18. The van der Waals surface area contributed by atoms with E-state index in [4.69, 9.17) is 0 Å². The van der Waals surface area contributed by atoms with Crippen LogP contribution in [-0.4, -0.2) is 9.91 Å². The zero-order chi connectivity index (χ0) is 13.9. The molecule has 100 valence electrons. The number of fused-ring (bicyclic) bond motifs is 1. The van der Waals surface area contributed by atoms with Crippen LogP contribution in [0.1, 0.15) is 5.56 Å². The second-order valence-corrected chi connectivity index (χ2v) is 4.56. The van der Waals surface area contributed by atoms with Crippen LogP contribution in [0.5, 0.6) is 0 Å². The summed E-state index contributed by atoms with van der Waals surface area (Å²) in [7, 11) is 0. The molecule has 0 fully saturated rings. The lowest BCUT2D eigenvalue weighted by Gasteiger charge is -2.05. The maximum atomic E-state index is 10.8. The summed E-state index contributed by atoms with van der Waals surface area (Å²) in [5.41, 5.74) is 3.07. The van der Waals surface area contributed by atoms with Crippen LogP contribution in [0, 0.1) is 10.1 Å². The number of H-pyrrole nitrogens is 1. The molecule has 5 nitrogen and oxygen atoms in total. The summed E-state index contributed by atoms with van der Waals surface area (Å²) in [5, 5.41) is 15.0.